The minimum absolute atomic E-state index is 0.329. The number of unbranched alkanes of at least 4 members (excludes halogenated alkanes) is 14. The summed E-state index contributed by atoms with van der Waals surface area (Å²) in [6, 6.07) is 1.45. The van der Waals surface area contributed by atoms with E-state index in [4.69, 9.17) is 0 Å². The molecule has 0 aromatic heterocycles. The molecular formula is C26H57NSi. The summed E-state index contributed by atoms with van der Waals surface area (Å²) in [5, 5.41) is 3.80. The fraction of sp³-hybridized carbons (Fsp3) is 1.00. The molecule has 0 saturated carbocycles. The first-order chi connectivity index (χ1) is 13.3. The Morgan fingerprint density at radius 2 is 0.964 bits per heavy atom. The quantitative estimate of drug-likeness (QED) is 0.146. The van der Waals surface area contributed by atoms with Crippen molar-refractivity contribution in [3.05, 3.63) is 0 Å². The molecule has 2 heteroatoms. The number of hydrogen-bond donors (Lipinski definition) is 1. The molecule has 0 atom stereocenters. The van der Waals surface area contributed by atoms with Gasteiger partial charge < -0.3 is 5.32 Å². The van der Waals surface area contributed by atoms with Gasteiger partial charge in [0.1, 0.15) is 0 Å². The molecule has 0 aromatic carbocycles. The van der Waals surface area contributed by atoms with E-state index in [9.17, 15) is 0 Å². The number of rotatable bonds is 21. The second-order valence-electron chi connectivity index (χ2n) is 11.2. The van der Waals surface area contributed by atoms with Crippen LogP contribution in [0.4, 0.5) is 0 Å². The summed E-state index contributed by atoms with van der Waals surface area (Å²) in [6.07, 6.45) is 24.5. The smallest absolute Gasteiger partial charge is 0.0443 e. The van der Waals surface area contributed by atoms with Crippen LogP contribution in [0.2, 0.25) is 25.7 Å². The fourth-order valence-electron chi connectivity index (χ4n) is 4.07. The Labute approximate surface area is 181 Å². The summed E-state index contributed by atoms with van der Waals surface area (Å²) in [7, 11) is -0.857. The lowest BCUT2D eigenvalue weighted by molar-refractivity contribution is 0.347. The highest BCUT2D eigenvalue weighted by Crippen LogP contribution is 2.18. The van der Waals surface area contributed by atoms with Crippen molar-refractivity contribution in [2.75, 3.05) is 6.54 Å². The van der Waals surface area contributed by atoms with E-state index in [0.717, 1.165) is 0 Å². The van der Waals surface area contributed by atoms with Gasteiger partial charge in [-0.25, -0.2) is 0 Å². The first-order valence-electron chi connectivity index (χ1n) is 13.0. The molecule has 0 rings (SSSR count). The summed E-state index contributed by atoms with van der Waals surface area (Å²) in [4.78, 5) is 0. The normalized spacial score (nSPS) is 12.6. The fourth-order valence-corrected chi connectivity index (χ4v) is 5.31. The monoisotopic (exact) mass is 411 g/mol. The molecular weight excluding hydrogens is 354 g/mol. The van der Waals surface area contributed by atoms with Gasteiger partial charge in [-0.05, 0) is 33.2 Å². The van der Waals surface area contributed by atoms with Crippen LogP contribution < -0.4 is 5.32 Å². The summed E-state index contributed by atoms with van der Waals surface area (Å²) >= 11 is 0. The molecule has 0 heterocycles. The molecule has 28 heavy (non-hydrogen) atoms. The Kier molecular flexibility index (Phi) is 18.1. The lowest BCUT2D eigenvalue weighted by atomic mass is 9.95. The van der Waals surface area contributed by atoms with Crippen LogP contribution in [-0.2, 0) is 0 Å². The number of nitrogens with one attached hydrogen (secondary N) is 1. The van der Waals surface area contributed by atoms with Crippen LogP contribution in [0.25, 0.3) is 0 Å². The Morgan fingerprint density at radius 1 is 0.571 bits per heavy atom. The average molecular weight is 412 g/mol. The van der Waals surface area contributed by atoms with E-state index in [0.29, 0.717) is 5.54 Å². The van der Waals surface area contributed by atoms with Crippen molar-refractivity contribution in [2.24, 2.45) is 0 Å². The molecule has 0 aliphatic carbocycles. The molecule has 1 nitrogen and oxygen atoms in total. The second kappa shape index (κ2) is 18.0. The highest BCUT2D eigenvalue weighted by Gasteiger charge is 2.17. The van der Waals surface area contributed by atoms with Crippen LogP contribution in [0, 0.1) is 0 Å². The van der Waals surface area contributed by atoms with Gasteiger partial charge in [0.15, 0.2) is 0 Å². The molecule has 0 unspecified atom stereocenters. The summed E-state index contributed by atoms with van der Waals surface area (Å²) in [5.74, 6) is 0. The predicted molar refractivity (Wildman–Crippen MR) is 134 cm³/mol. The van der Waals surface area contributed by atoms with Crippen molar-refractivity contribution in [3.63, 3.8) is 0 Å². The largest absolute Gasteiger partial charge is 0.312 e. The highest BCUT2D eigenvalue weighted by molar-refractivity contribution is 6.76. The minimum Gasteiger partial charge on any atom is -0.312 e. The summed E-state index contributed by atoms with van der Waals surface area (Å²) in [6.45, 7) is 15.7. The van der Waals surface area contributed by atoms with E-state index < -0.39 is 8.07 Å². The zero-order valence-electron chi connectivity index (χ0n) is 20.9. The van der Waals surface area contributed by atoms with Crippen molar-refractivity contribution in [2.45, 2.75) is 161 Å². The predicted octanol–water partition coefficient (Wildman–Crippen LogP) is 9.34. The van der Waals surface area contributed by atoms with Gasteiger partial charge >= 0.3 is 0 Å². The van der Waals surface area contributed by atoms with Gasteiger partial charge in [-0.3, -0.25) is 0 Å². The van der Waals surface area contributed by atoms with E-state index in [1.54, 1.807) is 0 Å². The van der Waals surface area contributed by atoms with Gasteiger partial charge in [-0.2, -0.15) is 0 Å². The van der Waals surface area contributed by atoms with Gasteiger partial charge in [0, 0.05) is 13.6 Å². The van der Waals surface area contributed by atoms with Crippen LogP contribution in [0.5, 0.6) is 0 Å². The molecule has 0 spiro atoms. The molecule has 170 valence electrons. The molecule has 0 bridgehead atoms. The third kappa shape index (κ3) is 22.5. The topological polar surface area (TPSA) is 12.0 Å². The Hall–Kier alpha value is 0.177. The molecule has 0 aliphatic rings. The van der Waals surface area contributed by atoms with E-state index in [2.05, 4.69) is 45.7 Å². The molecule has 1 N–H and O–H groups in total. The molecule has 0 aliphatic heterocycles. The minimum atomic E-state index is -0.857. The maximum absolute atomic E-state index is 3.80. The Morgan fingerprint density at radius 3 is 1.36 bits per heavy atom. The third-order valence-corrected chi connectivity index (χ3v) is 7.97. The van der Waals surface area contributed by atoms with Crippen molar-refractivity contribution < 1.29 is 0 Å². The van der Waals surface area contributed by atoms with Gasteiger partial charge in [0.2, 0.25) is 0 Å². The van der Waals surface area contributed by atoms with Crippen molar-refractivity contribution >= 4 is 8.07 Å². The van der Waals surface area contributed by atoms with E-state index in [1.165, 1.54) is 122 Å². The average Bonchev–Trinajstić information content (AvgIpc) is 2.61. The van der Waals surface area contributed by atoms with Crippen LogP contribution >= 0.6 is 0 Å². The van der Waals surface area contributed by atoms with Crippen molar-refractivity contribution in [3.8, 4) is 0 Å². The first-order valence-corrected chi connectivity index (χ1v) is 16.7. The lowest BCUT2D eigenvalue weighted by Gasteiger charge is -2.27. The molecule has 0 aromatic rings. The van der Waals surface area contributed by atoms with Gasteiger partial charge in [0.05, 0.1) is 0 Å². The van der Waals surface area contributed by atoms with Crippen LogP contribution in [0.15, 0.2) is 0 Å². The molecule has 0 fully saturated rings. The van der Waals surface area contributed by atoms with E-state index >= 15 is 0 Å². The molecule has 0 amide bonds. The van der Waals surface area contributed by atoms with Crippen LogP contribution in [-0.4, -0.2) is 20.2 Å². The summed E-state index contributed by atoms with van der Waals surface area (Å²) in [5.41, 5.74) is 0.329. The van der Waals surface area contributed by atoms with Gasteiger partial charge in [0.25, 0.3) is 0 Å². The first kappa shape index (κ1) is 28.2. The SMILES string of the molecule is CCCCCCCCCCCCCCCCCC(C)(C)NCCC[Si](C)(C)C. The zero-order chi connectivity index (χ0) is 21.1. The van der Waals surface area contributed by atoms with Gasteiger partial charge in [-0.1, -0.05) is 129 Å². The standard InChI is InChI=1S/C26H57NSi/c1-7-8-9-10-11-12-13-14-15-16-17-18-19-20-21-23-26(2,3)27-24-22-25-28(4,5)6/h27H,7-25H2,1-6H3. The van der Waals surface area contributed by atoms with Gasteiger partial charge in [-0.15, -0.1) is 0 Å². The Bertz CT molecular complexity index is 319. The second-order valence-corrected chi connectivity index (χ2v) is 16.8. The Balaban J connectivity index is 3.31. The zero-order valence-corrected chi connectivity index (χ0v) is 21.9. The maximum Gasteiger partial charge on any atom is 0.0443 e. The highest BCUT2D eigenvalue weighted by atomic mass is 28.3. The van der Waals surface area contributed by atoms with Crippen LogP contribution in [0.3, 0.4) is 0 Å². The molecule has 0 radical (unpaired) electrons. The van der Waals surface area contributed by atoms with Crippen LogP contribution in [0.1, 0.15) is 130 Å². The van der Waals surface area contributed by atoms with E-state index in [1.807, 2.05) is 0 Å². The molecule has 0 saturated heterocycles. The summed E-state index contributed by atoms with van der Waals surface area (Å²) < 4.78 is 0. The van der Waals surface area contributed by atoms with Crippen molar-refractivity contribution in [1.82, 2.24) is 5.32 Å². The van der Waals surface area contributed by atoms with E-state index in [-0.39, 0.29) is 0 Å². The maximum atomic E-state index is 3.80. The third-order valence-electron chi connectivity index (χ3n) is 6.11. The number of hydrogen-bond acceptors (Lipinski definition) is 1. The lowest BCUT2D eigenvalue weighted by Crippen LogP contribution is -2.40. The van der Waals surface area contributed by atoms with Crippen molar-refractivity contribution in [1.29, 1.82) is 0 Å².